The Hall–Kier alpha value is -3.74. The molecule has 2 aromatic carbocycles. The van der Waals surface area contributed by atoms with Crippen LogP contribution in [0.2, 0.25) is 0 Å². The van der Waals surface area contributed by atoms with Crippen molar-refractivity contribution < 1.29 is 23.7 Å². The van der Waals surface area contributed by atoms with E-state index in [1.165, 1.54) is 0 Å². The highest BCUT2D eigenvalue weighted by Crippen LogP contribution is 2.50. The Bertz CT molecular complexity index is 1150. The van der Waals surface area contributed by atoms with Crippen molar-refractivity contribution >= 4 is 12.0 Å². The standard InChI is InChI=1S/C25H26N2O5/c1-5-32-24(28)21-17-13-14-25(15-19(17)26-27-21,16-9-7-6-8-10-16)18-11-12-20(29-2)23(31-4)22(18)30-3/h6-14H,5,15H2,1-4H3,(H,26,27). The highest BCUT2D eigenvalue weighted by atomic mass is 16.5. The zero-order valence-electron chi connectivity index (χ0n) is 18.6. The van der Waals surface area contributed by atoms with E-state index in [9.17, 15) is 4.79 Å². The van der Waals surface area contributed by atoms with Crippen molar-refractivity contribution in [3.05, 3.63) is 76.6 Å². The topological polar surface area (TPSA) is 82.7 Å². The van der Waals surface area contributed by atoms with Gasteiger partial charge in [-0.2, -0.15) is 5.10 Å². The molecule has 1 atom stereocenters. The molecule has 0 radical (unpaired) electrons. The summed E-state index contributed by atoms with van der Waals surface area (Å²) in [6.45, 7) is 2.07. The number of nitrogens with one attached hydrogen (secondary N) is 1. The summed E-state index contributed by atoms with van der Waals surface area (Å²) in [5.41, 5.74) is 3.28. The van der Waals surface area contributed by atoms with Crippen molar-refractivity contribution in [3.63, 3.8) is 0 Å². The number of fused-ring (bicyclic) bond motifs is 1. The van der Waals surface area contributed by atoms with Crippen molar-refractivity contribution in [1.29, 1.82) is 0 Å². The minimum absolute atomic E-state index is 0.291. The lowest BCUT2D eigenvalue weighted by Gasteiger charge is -2.36. The maximum atomic E-state index is 12.3. The molecule has 0 saturated carbocycles. The first-order valence-corrected chi connectivity index (χ1v) is 10.4. The van der Waals surface area contributed by atoms with E-state index in [0.717, 1.165) is 22.4 Å². The second-order valence-corrected chi connectivity index (χ2v) is 7.41. The van der Waals surface area contributed by atoms with E-state index in [4.69, 9.17) is 18.9 Å². The van der Waals surface area contributed by atoms with Crippen molar-refractivity contribution in [1.82, 2.24) is 10.2 Å². The number of H-pyrrole nitrogens is 1. The van der Waals surface area contributed by atoms with Gasteiger partial charge >= 0.3 is 5.97 Å². The second-order valence-electron chi connectivity index (χ2n) is 7.41. The minimum atomic E-state index is -0.586. The molecule has 0 spiro atoms. The van der Waals surface area contributed by atoms with Crippen molar-refractivity contribution in [2.45, 2.75) is 18.8 Å². The van der Waals surface area contributed by atoms with E-state index < -0.39 is 11.4 Å². The van der Waals surface area contributed by atoms with E-state index in [1.54, 1.807) is 28.3 Å². The van der Waals surface area contributed by atoms with Crippen LogP contribution < -0.4 is 14.2 Å². The molecule has 166 valence electrons. The molecular formula is C25H26N2O5. The molecule has 0 aliphatic heterocycles. The van der Waals surface area contributed by atoms with Gasteiger partial charge < -0.3 is 18.9 Å². The van der Waals surface area contributed by atoms with E-state index in [-0.39, 0.29) is 0 Å². The number of nitrogens with zero attached hydrogens (tertiary/aromatic N) is 1. The number of aromatic amines is 1. The first-order valence-electron chi connectivity index (χ1n) is 10.4. The molecule has 1 aliphatic rings. The number of ether oxygens (including phenoxy) is 4. The van der Waals surface area contributed by atoms with Gasteiger partial charge in [-0.25, -0.2) is 4.79 Å². The predicted octanol–water partition coefficient (Wildman–Crippen LogP) is 4.17. The normalized spacial score (nSPS) is 16.9. The molecule has 1 aromatic heterocycles. The van der Waals surface area contributed by atoms with Crippen LogP contribution in [0.15, 0.2) is 48.5 Å². The van der Waals surface area contributed by atoms with Crippen LogP contribution in [0, 0.1) is 0 Å². The average molecular weight is 434 g/mol. The van der Waals surface area contributed by atoms with Gasteiger partial charge in [0, 0.05) is 28.7 Å². The second kappa shape index (κ2) is 8.78. The summed E-state index contributed by atoms with van der Waals surface area (Å²) in [6.07, 6.45) is 4.56. The molecule has 3 aromatic rings. The number of allylic oxidation sites excluding steroid dienone is 1. The molecule has 1 heterocycles. The first-order chi connectivity index (χ1) is 15.6. The molecule has 1 unspecified atom stereocenters. The SMILES string of the molecule is CCOC(=O)c1n[nH]c2c1C=CC(c1ccccc1)(c1ccc(OC)c(OC)c1OC)C2. The molecule has 0 saturated heterocycles. The largest absolute Gasteiger partial charge is 0.493 e. The zero-order chi connectivity index (χ0) is 22.7. The number of carbonyl (C=O) groups excluding carboxylic acids is 1. The Kier molecular flexibility index (Phi) is 5.90. The monoisotopic (exact) mass is 434 g/mol. The van der Waals surface area contributed by atoms with Crippen LogP contribution in [0.25, 0.3) is 6.08 Å². The Morgan fingerprint density at radius 3 is 2.44 bits per heavy atom. The first kappa shape index (κ1) is 21.5. The van der Waals surface area contributed by atoms with E-state index in [0.29, 0.717) is 36.0 Å². The Morgan fingerprint density at radius 2 is 1.78 bits per heavy atom. The number of methoxy groups -OCH3 is 3. The zero-order valence-corrected chi connectivity index (χ0v) is 18.6. The molecular weight excluding hydrogens is 408 g/mol. The molecule has 7 nitrogen and oxygen atoms in total. The fraction of sp³-hybridized carbons (Fsp3) is 0.280. The number of aromatic nitrogens is 2. The van der Waals surface area contributed by atoms with Gasteiger partial charge in [0.2, 0.25) is 5.75 Å². The van der Waals surface area contributed by atoms with Crippen molar-refractivity contribution in [2.75, 3.05) is 27.9 Å². The molecule has 1 N–H and O–H groups in total. The lowest BCUT2D eigenvalue weighted by Crippen LogP contribution is -2.31. The van der Waals surface area contributed by atoms with Crippen LogP contribution in [0.3, 0.4) is 0 Å². The van der Waals surface area contributed by atoms with Gasteiger partial charge in [0.15, 0.2) is 17.2 Å². The molecule has 1 aliphatic carbocycles. The van der Waals surface area contributed by atoms with Crippen molar-refractivity contribution in [2.24, 2.45) is 0 Å². The van der Waals surface area contributed by atoms with Crippen LogP contribution >= 0.6 is 0 Å². The van der Waals surface area contributed by atoms with Crippen LogP contribution in [0.5, 0.6) is 17.2 Å². The highest BCUT2D eigenvalue weighted by molar-refractivity contribution is 5.92. The Labute approximate surface area is 187 Å². The van der Waals surface area contributed by atoms with E-state index in [2.05, 4.69) is 28.4 Å². The summed E-state index contributed by atoms with van der Waals surface area (Å²) >= 11 is 0. The maximum Gasteiger partial charge on any atom is 0.359 e. The van der Waals surface area contributed by atoms with Gasteiger partial charge in [-0.15, -0.1) is 0 Å². The summed E-state index contributed by atoms with van der Waals surface area (Å²) < 4.78 is 22.1. The number of carbonyl (C=O) groups is 1. The van der Waals surface area contributed by atoms with Gasteiger partial charge in [-0.1, -0.05) is 48.6 Å². The van der Waals surface area contributed by atoms with Crippen LogP contribution in [0.4, 0.5) is 0 Å². The molecule has 32 heavy (non-hydrogen) atoms. The third-order valence-electron chi connectivity index (χ3n) is 5.82. The lowest BCUT2D eigenvalue weighted by molar-refractivity contribution is 0.0519. The number of esters is 1. The molecule has 4 rings (SSSR count). The quantitative estimate of drug-likeness (QED) is 0.562. The smallest absolute Gasteiger partial charge is 0.359 e. The maximum absolute atomic E-state index is 12.3. The summed E-state index contributed by atoms with van der Waals surface area (Å²) in [5, 5.41) is 7.30. The van der Waals surface area contributed by atoms with Crippen LogP contribution in [-0.2, 0) is 16.6 Å². The summed E-state index contributed by atoms with van der Waals surface area (Å²) in [5.74, 6) is 1.27. The molecule has 0 bridgehead atoms. The van der Waals surface area contributed by atoms with Gasteiger partial charge in [0.1, 0.15) is 0 Å². The summed E-state index contributed by atoms with van der Waals surface area (Å²) in [4.78, 5) is 12.3. The van der Waals surface area contributed by atoms with E-state index >= 15 is 0 Å². The third-order valence-corrected chi connectivity index (χ3v) is 5.82. The van der Waals surface area contributed by atoms with Gasteiger partial charge in [0.25, 0.3) is 0 Å². The number of hydrogen-bond donors (Lipinski definition) is 1. The van der Waals surface area contributed by atoms with Gasteiger partial charge in [-0.3, -0.25) is 5.10 Å². The van der Waals surface area contributed by atoms with Crippen LogP contribution in [-0.4, -0.2) is 44.1 Å². The molecule has 0 amide bonds. The predicted molar refractivity (Wildman–Crippen MR) is 121 cm³/mol. The fourth-order valence-electron chi connectivity index (χ4n) is 4.35. The number of hydrogen-bond acceptors (Lipinski definition) is 6. The van der Waals surface area contributed by atoms with Gasteiger partial charge in [0.05, 0.1) is 27.9 Å². The fourth-order valence-corrected chi connectivity index (χ4v) is 4.35. The third kappa shape index (κ3) is 3.39. The summed E-state index contributed by atoms with van der Waals surface area (Å²) in [6, 6.07) is 14.0. The Morgan fingerprint density at radius 1 is 1.03 bits per heavy atom. The lowest BCUT2D eigenvalue weighted by atomic mass is 9.68. The highest BCUT2D eigenvalue weighted by Gasteiger charge is 2.40. The Balaban J connectivity index is 1.93. The van der Waals surface area contributed by atoms with Gasteiger partial charge in [-0.05, 0) is 18.6 Å². The number of rotatable bonds is 7. The minimum Gasteiger partial charge on any atom is -0.493 e. The van der Waals surface area contributed by atoms with Crippen LogP contribution in [0.1, 0.15) is 39.8 Å². The number of benzene rings is 2. The molecule has 0 fully saturated rings. The summed E-state index contributed by atoms with van der Waals surface area (Å²) in [7, 11) is 4.80. The average Bonchev–Trinajstić information content (AvgIpc) is 3.26. The molecule has 7 heteroatoms. The van der Waals surface area contributed by atoms with Crippen molar-refractivity contribution in [3.8, 4) is 17.2 Å². The van der Waals surface area contributed by atoms with E-state index in [1.807, 2.05) is 36.4 Å².